The average Bonchev–Trinajstić information content (AvgIpc) is 2.87. The molecule has 2 rings (SSSR count). The van der Waals surface area contributed by atoms with Crippen molar-refractivity contribution in [3.05, 3.63) is 35.5 Å². The highest BCUT2D eigenvalue weighted by Gasteiger charge is 2.15. The number of hydrogen-bond acceptors (Lipinski definition) is 4. The van der Waals surface area contributed by atoms with Gasteiger partial charge in [0.05, 0.1) is 12.7 Å². The van der Waals surface area contributed by atoms with Crippen LogP contribution in [0.15, 0.2) is 28.8 Å². The molecule has 94 valence electrons. The van der Waals surface area contributed by atoms with E-state index in [0.29, 0.717) is 17.1 Å². The predicted molar refractivity (Wildman–Crippen MR) is 64.8 cm³/mol. The molecule has 0 saturated carbocycles. The van der Waals surface area contributed by atoms with Gasteiger partial charge in [-0.3, -0.25) is 0 Å². The lowest BCUT2D eigenvalue weighted by Crippen LogP contribution is -1.94. The molecule has 18 heavy (non-hydrogen) atoms. The molecule has 1 aromatic heterocycles. The lowest BCUT2D eigenvalue weighted by Gasteiger charge is -2.07. The van der Waals surface area contributed by atoms with Gasteiger partial charge in [-0.15, -0.1) is 0 Å². The van der Waals surface area contributed by atoms with Crippen LogP contribution >= 0.6 is 0 Å². The molecule has 5 heteroatoms. The first-order valence-electron chi connectivity index (χ1n) is 5.53. The van der Waals surface area contributed by atoms with Crippen molar-refractivity contribution >= 4 is 5.97 Å². The Bertz CT molecular complexity index is 574. The maximum absolute atomic E-state index is 10.8. The van der Waals surface area contributed by atoms with Crippen LogP contribution in [0.5, 0.6) is 5.75 Å². The van der Waals surface area contributed by atoms with E-state index in [4.69, 9.17) is 14.4 Å². The van der Waals surface area contributed by atoms with Crippen LogP contribution in [0.2, 0.25) is 0 Å². The second kappa shape index (κ2) is 4.91. The SMILES string of the molecule is CCc1ccc(OC)c(-c2cc(C(=O)O)no2)c1. The maximum Gasteiger partial charge on any atom is 0.358 e. The molecule has 5 nitrogen and oxygen atoms in total. The standard InChI is InChI=1S/C13H13NO4/c1-3-8-4-5-11(17-2)9(6-8)12-7-10(13(15)16)14-18-12/h4-7H,3H2,1-2H3,(H,15,16). The molecule has 0 fully saturated rings. The lowest BCUT2D eigenvalue weighted by atomic mass is 10.1. The molecule has 1 heterocycles. The van der Waals surface area contributed by atoms with Gasteiger partial charge in [-0.2, -0.15) is 0 Å². The Labute approximate surface area is 104 Å². The fourth-order valence-electron chi connectivity index (χ4n) is 1.67. The molecule has 0 radical (unpaired) electrons. The van der Waals surface area contributed by atoms with Crippen molar-refractivity contribution in [3.63, 3.8) is 0 Å². The summed E-state index contributed by atoms with van der Waals surface area (Å²) in [5, 5.41) is 12.3. The summed E-state index contributed by atoms with van der Waals surface area (Å²) in [6, 6.07) is 7.08. The molecule has 0 spiro atoms. The van der Waals surface area contributed by atoms with E-state index < -0.39 is 5.97 Å². The Kier molecular flexibility index (Phi) is 3.32. The molecule has 1 N–H and O–H groups in total. The zero-order chi connectivity index (χ0) is 13.1. The smallest absolute Gasteiger partial charge is 0.358 e. The number of aromatic carboxylic acids is 1. The first kappa shape index (κ1) is 12.2. The number of hydrogen-bond donors (Lipinski definition) is 1. The van der Waals surface area contributed by atoms with Gasteiger partial charge in [-0.25, -0.2) is 4.79 Å². The predicted octanol–water partition coefficient (Wildman–Crippen LogP) is 2.61. The highest BCUT2D eigenvalue weighted by molar-refractivity contribution is 5.86. The highest BCUT2D eigenvalue weighted by atomic mass is 16.5. The van der Waals surface area contributed by atoms with Gasteiger partial charge in [0.2, 0.25) is 0 Å². The van der Waals surface area contributed by atoms with Crippen LogP contribution in [-0.2, 0) is 6.42 Å². The quantitative estimate of drug-likeness (QED) is 0.899. The third-order valence-corrected chi connectivity index (χ3v) is 2.67. The van der Waals surface area contributed by atoms with Crippen molar-refractivity contribution in [3.8, 4) is 17.1 Å². The van der Waals surface area contributed by atoms with E-state index in [0.717, 1.165) is 12.0 Å². The zero-order valence-electron chi connectivity index (χ0n) is 10.1. The van der Waals surface area contributed by atoms with Crippen molar-refractivity contribution in [2.24, 2.45) is 0 Å². The van der Waals surface area contributed by atoms with E-state index in [-0.39, 0.29) is 5.69 Å². The third kappa shape index (κ3) is 2.20. The molecule has 0 aliphatic heterocycles. The van der Waals surface area contributed by atoms with Gasteiger partial charge < -0.3 is 14.4 Å². The molecular weight excluding hydrogens is 234 g/mol. The van der Waals surface area contributed by atoms with Crippen LogP contribution in [0, 0.1) is 0 Å². The van der Waals surface area contributed by atoms with Crippen molar-refractivity contribution < 1.29 is 19.2 Å². The molecule has 0 aliphatic carbocycles. The van der Waals surface area contributed by atoms with Crippen LogP contribution in [0.3, 0.4) is 0 Å². The third-order valence-electron chi connectivity index (χ3n) is 2.67. The highest BCUT2D eigenvalue weighted by Crippen LogP contribution is 2.31. The fraction of sp³-hybridized carbons (Fsp3) is 0.231. The second-order valence-electron chi connectivity index (χ2n) is 3.77. The molecule has 0 amide bonds. The fourth-order valence-corrected chi connectivity index (χ4v) is 1.67. The van der Waals surface area contributed by atoms with Crippen molar-refractivity contribution in [2.75, 3.05) is 7.11 Å². The van der Waals surface area contributed by atoms with Crippen LogP contribution in [0.25, 0.3) is 11.3 Å². The Morgan fingerprint density at radius 1 is 1.44 bits per heavy atom. The van der Waals surface area contributed by atoms with Gasteiger partial charge in [0.25, 0.3) is 0 Å². The zero-order valence-corrected chi connectivity index (χ0v) is 10.1. The summed E-state index contributed by atoms with van der Waals surface area (Å²) in [4.78, 5) is 10.8. The first-order valence-corrected chi connectivity index (χ1v) is 5.53. The molecule has 1 aromatic carbocycles. The summed E-state index contributed by atoms with van der Waals surface area (Å²) in [5.41, 5.74) is 1.70. The van der Waals surface area contributed by atoms with Crippen LogP contribution in [-0.4, -0.2) is 23.3 Å². The Hall–Kier alpha value is -2.30. The van der Waals surface area contributed by atoms with E-state index in [1.165, 1.54) is 6.07 Å². The Balaban J connectivity index is 2.50. The Morgan fingerprint density at radius 3 is 2.78 bits per heavy atom. The van der Waals surface area contributed by atoms with E-state index in [2.05, 4.69) is 5.16 Å². The normalized spacial score (nSPS) is 10.3. The minimum absolute atomic E-state index is 0.117. The van der Waals surface area contributed by atoms with E-state index in [1.807, 2.05) is 25.1 Å². The molecule has 0 atom stereocenters. The molecule has 0 bridgehead atoms. The number of ether oxygens (including phenoxy) is 1. The summed E-state index contributed by atoms with van der Waals surface area (Å²) < 4.78 is 10.3. The van der Waals surface area contributed by atoms with E-state index in [9.17, 15) is 4.79 Å². The summed E-state index contributed by atoms with van der Waals surface area (Å²) in [6.45, 7) is 2.04. The second-order valence-corrected chi connectivity index (χ2v) is 3.77. The van der Waals surface area contributed by atoms with E-state index in [1.54, 1.807) is 7.11 Å². The molecule has 0 aliphatic rings. The monoisotopic (exact) mass is 247 g/mol. The number of methoxy groups -OCH3 is 1. The molecular formula is C13H13NO4. The molecule has 0 unspecified atom stereocenters. The number of aryl methyl sites for hydroxylation is 1. The summed E-state index contributed by atoms with van der Waals surface area (Å²) >= 11 is 0. The number of carbonyl (C=O) groups is 1. The van der Waals surface area contributed by atoms with Crippen molar-refractivity contribution in [1.29, 1.82) is 0 Å². The summed E-state index contributed by atoms with van der Waals surface area (Å²) in [5.74, 6) is -0.101. The van der Waals surface area contributed by atoms with Gasteiger partial charge in [-0.05, 0) is 24.1 Å². The largest absolute Gasteiger partial charge is 0.496 e. The number of carboxylic acids is 1. The maximum atomic E-state index is 10.8. The van der Waals surface area contributed by atoms with Gasteiger partial charge in [0, 0.05) is 6.07 Å². The minimum atomic E-state index is -1.12. The summed E-state index contributed by atoms with van der Waals surface area (Å²) in [7, 11) is 1.55. The topological polar surface area (TPSA) is 72.6 Å². The first-order chi connectivity index (χ1) is 8.65. The lowest BCUT2D eigenvalue weighted by molar-refractivity contribution is 0.0686. The van der Waals surface area contributed by atoms with Gasteiger partial charge in [0.15, 0.2) is 11.5 Å². The van der Waals surface area contributed by atoms with Gasteiger partial charge >= 0.3 is 5.97 Å². The molecule has 0 saturated heterocycles. The van der Waals surface area contributed by atoms with Crippen LogP contribution in [0.1, 0.15) is 23.0 Å². The van der Waals surface area contributed by atoms with Crippen molar-refractivity contribution in [1.82, 2.24) is 5.16 Å². The van der Waals surface area contributed by atoms with Gasteiger partial charge in [-0.1, -0.05) is 18.1 Å². The van der Waals surface area contributed by atoms with Crippen LogP contribution < -0.4 is 4.74 Å². The number of aromatic nitrogens is 1. The molecule has 2 aromatic rings. The van der Waals surface area contributed by atoms with E-state index >= 15 is 0 Å². The number of nitrogens with zero attached hydrogens (tertiary/aromatic N) is 1. The number of carboxylic acid groups (broad SMARTS) is 1. The average molecular weight is 247 g/mol. The minimum Gasteiger partial charge on any atom is -0.496 e. The van der Waals surface area contributed by atoms with Gasteiger partial charge in [0.1, 0.15) is 5.75 Å². The summed E-state index contributed by atoms with van der Waals surface area (Å²) in [6.07, 6.45) is 0.872. The number of rotatable bonds is 4. The number of benzene rings is 1. The Morgan fingerprint density at radius 2 is 2.22 bits per heavy atom. The van der Waals surface area contributed by atoms with Crippen molar-refractivity contribution in [2.45, 2.75) is 13.3 Å². The van der Waals surface area contributed by atoms with Crippen LogP contribution in [0.4, 0.5) is 0 Å².